The normalized spacial score (nSPS) is 10.5. The molecule has 1 heterocycles. The van der Waals surface area contributed by atoms with Crippen molar-refractivity contribution in [3.8, 4) is 5.69 Å². The summed E-state index contributed by atoms with van der Waals surface area (Å²) < 4.78 is 1.85. The zero-order valence-corrected chi connectivity index (χ0v) is 15.6. The Hall–Kier alpha value is -3.41. The highest BCUT2D eigenvalue weighted by Gasteiger charge is 2.08. The minimum atomic E-state index is -0.148. The van der Waals surface area contributed by atoms with Crippen LogP contribution in [0.1, 0.15) is 37.7 Å². The van der Waals surface area contributed by atoms with Gasteiger partial charge in [0, 0.05) is 30.4 Å². The SMILES string of the molecule is CNC(=O)c1ccc(CNC(=O)c2ccc(-n3nc(C)cc3C)cc2)cc1. The fourth-order valence-corrected chi connectivity index (χ4v) is 2.85. The highest BCUT2D eigenvalue weighted by atomic mass is 16.2. The maximum atomic E-state index is 12.4. The quantitative estimate of drug-likeness (QED) is 0.733. The van der Waals surface area contributed by atoms with E-state index in [4.69, 9.17) is 0 Å². The van der Waals surface area contributed by atoms with Gasteiger partial charge in [-0.3, -0.25) is 9.59 Å². The average Bonchev–Trinajstić information content (AvgIpc) is 3.04. The number of aromatic nitrogens is 2. The first-order valence-corrected chi connectivity index (χ1v) is 8.71. The molecule has 0 atom stereocenters. The third-order valence-corrected chi connectivity index (χ3v) is 4.28. The molecule has 0 saturated carbocycles. The molecule has 3 rings (SSSR count). The third-order valence-electron chi connectivity index (χ3n) is 4.28. The summed E-state index contributed by atoms with van der Waals surface area (Å²) in [5.74, 6) is -0.279. The molecule has 27 heavy (non-hydrogen) atoms. The van der Waals surface area contributed by atoms with Gasteiger partial charge in [-0.1, -0.05) is 12.1 Å². The maximum absolute atomic E-state index is 12.4. The summed E-state index contributed by atoms with van der Waals surface area (Å²) in [6, 6.07) is 16.5. The van der Waals surface area contributed by atoms with E-state index in [9.17, 15) is 9.59 Å². The Morgan fingerprint density at radius 1 is 0.926 bits per heavy atom. The fourth-order valence-electron chi connectivity index (χ4n) is 2.85. The number of hydrogen-bond donors (Lipinski definition) is 2. The van der Waals surface area contributed by atoms with Crippen molar-refractivity contribution >= 4 is 11.8 Å². The van der Waals surface area contributed by atoms with E-state index >= 15 is 0 Å². The second-order valence-electron chi connectivity index (χ2n) is 6.34. The van der Waals surface area contributed by atoms with E-state index in [0.29, 0.717) is 17.7 Å². The van der Waals surface area contributed by atoms with Crippen LogP contribution in [-0.2, 0) is 6.54 Å². The van der Waals surface area contributed by atoms with Crippen molar-refractivity contribution in [1.29, 1.82) is 0 Å². The summed E-state index contributed by atoms with van der Waals surface area (Å²) in [6.45, 7) is 4.34. The Morgan fingerprint density at radius 2 is 1.52 bits per heavy atom. The van der Waals surface area contributed by atoms with Crippen LogP contribution in [0.2, 0.25) is 0 Å². The molecule has 0 saturated heterocycles. The summed E-state index contributed by atoms with van der Waals surface area (Å²) >= 11 is 0. The standard InChI is InChI=1S/C21H22N4O2/c1-14-12-15(2)25(24-14)19-10-8-18(9-11-19)21(27)23-13-16-4-6-17(7-5-16)20(26)22-3/h4-12H,13H2,1-3H3,(H,22,26)(H,23,27). The first kappa shape index (κ1) is 18.4. The van der Waals surface area contributed by atoms with E-state index in [-0.39, 0.29) is 11.8 Å². The van der Waals surface area contributed by atoms with Crippen molar-refractivity contribution in [1.82, 2.24) is 20.4 Å². The molecule has 1 aromatic heterocycles. The Bertz CT molecular complexity index is 957. The molecule has 0 aliphatic carbocycles. The highest BCUT2D eigenvalue weighted by molar-refractivity contribution is 5.95. The molecular weight excluding hydrogens is 340 g/mol. The van der Waals surface area contributed by atoms with Crippen LogP contribution in [0.5, 0.6) is 0 Å². The van der Waals surface area contributed by atoms with Crippen molar-refractivity contribution in [2.24, 2.45) is 0 Å². The molecule has 6 heteroatoms. The van der Waals surface area contributed by atoms with Gasteiger partial charge >= 0.3 is 0 Å². The van der Waals surface area contributed by atoms with E-state index in [1.54, 1.807) is 31.3 Å². The monoisotopic (exact) mass is 362 g/mol. The smallest absolute Gasteiger partial charge is 0.251 e. The minimum absolute atomic E-state index is 0.131. The molecule has 3 aromatic rings. The largest absolute Gasteiger partial charge is 0.355 e. The summed E-state index contributed by atoms with van der Waals surface area (Å²) in [5.41, 5.74) is 5.02. The molecule has 0 aliphatic rings. The lowest BCUT2D eigenvalue weighted by Crippen LogP contribution is -2.23. The minimum Gasteiger partial charge on any atom is -0.355 e. The molecule has 0 fully saturated rings. The van der Waals surface area contributed by atoms with Gasteiger partial charge in [0.1, 0.15) is 0 Å². The van der Waals surface area contributed by atoms with Gasteiger partial charge in [-0.15, -0.1) is 0 Å². The first-order valence-electron chi connectivity index (χ1n) is 8.71. The summed E-state index contributed by atoms with van der Waals surface area (Å²) in [6.07, 6.45) is 0. The first-order chi connectivity index (χ1) is 13.0. The van der Waals surface area contributed by atoms with Crippen LogP contribution < -0.4 is 10.6 Å². The van der Waals surface area contributed by atoms with E-state index in [1.165, 1.54) is 0 Å². The summed E-state index contributed by atoms with van der Waals surface area (Å²) in [7, 11) is 1.59. The summed E-state index contributed by atoms with van der Waals surface area (Å²) in [5, 5.41) is 9.91. The van der Waals surface area contributed by atoms with Crippen molar-refractivity contribution < 1.29 is 9.59 Å². The van der Waals surface area contributed by atoms with Gasteiger partial charge in [-0.2, -0.15) is 5.10 Å². The average molecular weight is 362 g/mol. The van der Waals surface area contributed by atoms with Crippen molar-refractivity contribution in [3.05, 3.63) is 82.7 Å². The molecule has 2 amide bonds. The number of rotatable bonds is 5. The Morgan fingerprint density at radius 3 is 2.07 bits per heavy atom. The number of amides is 2. The second-order valence-corrected chi connectivity index (χ2v) is 6.34. The van der Waals surface area contributed by atoms with Crippen molar-refractivity contribution in [3.63, 3.8) is 0 Å². The molecule has 0 unspecified atom stereocenters. The second kappa shape index (κ2) is 7.86. The molecule has 0 spiro atoms. The lowest BCUT2D eigenvalue weighted by molar-refractivity contribution is 0.0946. The van der Waals surface area contributed by atoms with Gasteiger partial charge in [-0.25, -0.2) is 4.68 Å². The zero-order chi connectivity index (χ0) is 19.4. The predicted octanol–water partition coefficient (Wildman–Crippen LogP) is 2.78. The number of hydrogen-bond acceptors (Lipinski definition) is 3. The van der Waals surface area contributed by atoms with Crippen molar-refractivity contribution in [2.75, 3.05) is 7.05 Å². The molecule has 0 aliphatic heterocycles. The Labute approximate surface area is 158 Å². The number of benzene rings is 2. The number of nitrogens with one attached hydrogen (secondary N) is 2. The van der Waals surface area contributed by atoms with Crippen LogP contribution in [-0.4, -0.2) is 28.6 Å². The highest BCUT2D eigenvalue weighted by Crippen LogP contribution is 2.13. The van der Waals surface area contributed by atoms with Crippen LogP contribution in [0.15, 0.2) is 54.6 Å². The van der Waals surface area contributed by atoms with Gasteiger partial charge in [0.05, 0.1) is 11.4 Å². The number of aryl methyl sites for hydroxylation is 2. The molecular formula is C21H22N4O2. The van der Waals surface area contributed by atoms with Crippen LogP contribution in [0.25, 0.3) is 5.69 Å². The van der Waals surface area contributed by atoms with Crippen LogP contribution in [0.3, 0.4) is 0 Å². The molecule has 138 valence electrons. The Kier molecular flexibility index (Phi) is 5.35. The number of nitrogens with zero attached hydrogens (tertiary/aromatic N) is 2. The van der Waals surface area contributed by atoms with E-state index in [1.807, 2.05) is 48.9 Å². The van der Waals surface area contributed by atoms with Gasteiger partial charge in [-0.05, 0) is 61.9 Å². The number of carbonyl (C=O) groups is 2. The van der Waals surface area contributed by atoms with E-state index in [0.717, 1.165) is 22.6 Å². The van der Waals surface area contributed by atoms with E-state index < -0.39 is 0 Å². The zero-order valence-electron chi connectivity index (χ0n) is 15.6. The molecule has 0 bridgehead atoms. The summed E-state index contributed by atoms with van der Waals surface area (Å²) in [4.78, 5) is 23.9. The molecule has 2 N–H and O–H groups in total. The third kappa shape index (κ3) is 4.23. The van der Waals surface area contributed by atoms with Crippen LogP contribution >= 0.6 is 0 Å². The molecule has 0 radical (unpaired) electrons. The van der Waals surface area contributed by atoms with Gasteiger partial charge < -0.3 is 10.6 Å². The van der Waals surface area contributed by atoms with Crippen molar-refractivity contribution in [2.45, 2.75) is 20.4 Å². The van der Waals surface area contributed by atoms with Crippen LogP contribution in [0, 0.1) is 13.8 Å². The lowest BCUT2D eigenvalue weighted by Gasteiger charge is -2.08. The maximum Gasteiger partial charge on any atom is 0.251 e. The van der Waals surface area contributed by atoms with Gasteiger partial charge in [0.15, 0.2) is 0 Å². The number of carbonyl (C=O) groups excluding carboxylic acids is 2. The van der Waals surface area contributed by atoms with E-state index in [2.05, 4.69) is 15.7 Å². The van der Waals surface area contributed by atoms with Gasteiger partial charge in [0.25, 0.3) is 11.8 Å². The fraction of sp³-hybridized carbons (Fsp3) is 0.190. The molecule has 6 nitrogen and oxygen atoms in total. The lowest BCUT2D eigenvalue weighted by atomic mass is 10.1. The topological polar surface area (TPSA) is 76.0 Å². The van der Waals surface area contributed by atoms with Gasteiger partial charge in [0.2, 0.25) is 0 Å². The molecule has 2 aromatic carbocycles. The predicted molar refractivity (Wildman–Crippen MR) is 104 cm³/mol. The van der Waals surface area contributed by atoms with Crippen LogP contribution in [0.4, 0.5) is 0 Å². The Balaban J connectivity index is 1.63.